The van der Waals surface area contributed by atoms with E-state index in [9.17, 15) is 20.0 Å². The molecule has 1 aromatic heterocycles. The van der Waals surface area contributed by atoms with Gasteiger partial charge in [0.05, 0.1) is 16.1 Å². The smallest absolute Gasteiger partial charge is 0.269 e. The monoisotopic (exact) mass is 337 g/mol. The summed E-state index contributed by atoms with van der Waals surface area (Å²) in [5.41, 5.74) is 0.796. The average molecular weight is 337 g/mol. The van der Waals surface area contributed by atoms with Gasteiger partial charge >= 0.3 is 0 Å². The van der Waals surface area contributed by atoms with E-state index in [-0.39, 0.29) is 22.6 Å². The molecule has 25 heavy (non-hydrogen) atoms. The highest BCUT2D eigenvalue weighted by atomic mass is 16.6. The summed E-state index contributed by atoms with van der Waals surface area (Å²) in [7, 11) is 0. The summed E-state index contributed by atoms with van der Waals surface area (Å²) in [6.07, 6.45) is 1.29. The van der Waals surface area contributed by atoms with Crippen molar-refractivity contribution in [1.29, 1.82) is 0 Å². The predicted octanol–water partition coefficient (Wildman–Crippen LogP) is 3.39. The number of para-hydroxylation sites is 1. The molecule has 1 N–H and O–H groups in total. The molecular formula is C18H15N3O4. The van der Waals surface area contributed by atoms with Gasteiger partial charge in [0, 0.05) is 30.3 Å². The third kappa shape index (κ3) is 2.99. The third-order valence-electron chi connectivity index (χ3n) is 3.90. The minimum atomic E-state index is -0.497. The van der Waals surface area contributed by atoms with Crippen LogP contribution in [-0.4, -0.2) is 20.8 Å². The highest BCUT2D eigenvalue weighted by Gasteiger charge is 2.13. The van der Waals surface area contributed by atoms with Crippen LogP contribution in [0.4, 0.5) is 11.4 Å². The van der Waals surface area contributed by atoms with E-state index in [4.69, 9.17) is 0 Å². The normalized spacial score (nSPS) is 11.2. The molecular weight excluding hydrogens is 322 g/mol. The second-order valence-corrected chi connectivity index (χ2v) is 5.36. The first-order chi connectivity index (χ1) is 12.0. The van der Waals surface area contributed by atoms with Gasteiger partial charge < -0.3 is 9.67 Å². The number of benzene rings is 2. The summed E-state index contributed by atoms with van der Waals surface area (Å²) in [5.74, 6) is -0.129. The van der Waals surface area contributed by atoms with Crippen molar-refractivity contribution in [3.05, 3.63) is 74.6 Å². The summed E-state index contributed by atoms with van der Waals surface area (Å²) in [5, 5.41) is 21.7. The molecule has 0 saturated carbocycles. The highest BCUT2D eigenvalue weighted by Crippen LogP contribution is 2.26. The quantitative estimate of drug-likeness (QED) is 0.448. The lowest BCUT2D eigenvalue weighted by atomic mass is 10.1. The van der Waals surface area contributed by atoms with Crippen molar-refractivity contribution in [3.8, 4) is 5.75 Å². The number of fused-ring (bicyclic) bond motifs is 1. The van der Waals surface area contributed by atoms with Crippen LogP contribution in [-0.2, 0) is 6.54 Å². The molecule has 0 aliphatic rings. The second kappa shape index (κ2) is 6.56. The molecule has 126 valence electrons. The van der Waals surface area contributed by atoms with Gasteiger partial charge in [-0.1, -0.05) is 12.1 Å². The molecule has 7 heteroatoms. The molecule has 0 aliphatic carbocycles. The molecule has 0 amide bonds. The Labute approximate surface area is 142 Å². The van der Waals surface area contributed by atoms with E-state index in [1.807, 2.05) is 6.92 Å². The first-order valence-corrected chi connectivity index (χ1v) is 7.66. The summed E-state index contributed by atoms with van der Waals surface area (Å²) >= 11 is 0. The maximum atomic E-state index is 12.6. The largest absolute Gasteiger partial charge is 0.506 e. The Bertz CT molecular complexity index is 1040. The first-order valence-electron chi connectivity index (χ1n) is 7.66. The van der Waals surface area contributed by atoms with Crippen molar-refractivity contribution >= 4 is 28.5 Å². The number of non-ortho nitro benzene ring substituents is 1. The molecule has 3 aromatic rings. The molecule has 0 atom stereocenters. The van der Waals surface area contributed by atoms with E-state index in [1.54, 1.807) is 28.8 Å². The van der Waals surface area contributed by atoms with Crippen LogP contribution in [0, 0.1) is 10.1 Å². The van der Waals surface area contributed by atoms with E-state index in [0.29, 0.717) is 23.1 Å². The summed E-state index contributed by atoms with van der Waals surface area (Å²) in [6.45, 7) is 2.31. The maximum absolute atomic E-state index is 12.6. The molecule has 2 aromatic carbocycles. The molecule has 7 nitrogen and oxygen atoms in total. The number of nitro groups is 1. The maximum Gasteiger partial charge on any atom is 0.269 e. The summed E-state index contributed by atoms with van der Waals surface area (Å²) in [6, 6.07) is 12.7. The van der Waals surface area contributed by atoms with Gasteiger partial charge in [-0.3, -0.25) is 19.9 Å². The topological polar surface area (TPSA) is 97.7 Å². The third-order valence-corrected chi connectivity index (χ3v) is 3.90. The van der Waals surface area contributed by atoms with Gasteiger partial charge in [0.1, 0.15) is 11.3 Å². The SMILES string of the molecule is CCn1c(=O)c(C=Nc2ccc([N+](=O)[O-])cc2)c(O)c2ccccc21. The van der Waals surface area contributed by atoms with Crippen LogP contribution >= 0.6 is 0 Å². The van der Waals surface area contributed by atoms with Gasteiger partial charge in [-0.25, -0.2) is 0 Å². The molecule has 0 saturated heterocycles. The van der Waals surface area contributed by atoms with Crippen LogP contribution in [0.3, 0.4) is 0 Å². The predicted molar refractivity (Wildman–Crippen MR) is 95.9 cm³/mol. The van der Waals surface area contributed by atoms with Crippen molar-refractivity contribution < 1.29 is 10.0 Å². The van der Waals surface area contributed by atoms with Gasteiger partial charge in [0.25, 0.3) is 11.2 Å². The molecule has 0 spiro atoms. The number of hydrogen-bond donors (Lipinski definition) is 1. The van der Waals surface area contributed by atoms with Crippen molar-refractivity contribution in [2.45, 2.75) is 13.5 Å². The molecule has 3 rings (SSSR count). The van der Waals surface area contributed by atoms with Crippen molar-refractivity contribution in [2.75, 3.05) is 0 Å². The molecule has 0 radical (unpaired) electrons. The fourth-order valence-corrected chi connectivity index (χ4v) is 2.64. The van der Waals surface area contributed by atoms with E-state index < -0.39 is 4.92 Å². The lowest BCUT2D eigenvalue weighted by Gasteiger charge is -2.11. The zero-order chi connectivity index (χ0) is 18.0. The van der Waals surface area contributed by atoms with Crippen molar-refractivity contribution in [1.82, 2.24) is 4.57 Å². The van der Waals surface area contributed by atoms with E-state index in [0.717, 1.165) is 0 Å². The van der Waals surface area contributed by atoms with Crippen molar-refractivity contribution in [2.24, 2.45) is 4.99 Å². The lowest BCUT2D eigenvalue weighted by molar-refractivity contribution is -0.384. The van der Waals surface area contributed by atoms with E-state index in [1.165, 1.54) is 30.5 Å². The minimum absolute atomic E-state index is 0.0409. The number of hydrogen-bond acceptors (Lipinski definition) is 5. The standard InChI is InChI=1S/C18H15N3O4/c1-2-20-16-6-4-3-5-14(16)17(22)15(18(20)23)11-19-12-7-9-13(10-8-12)21(24)25/h3-11,22H,2H2,1H3. The number of pyridine rings is 1. The molecule has 0 bridgehead atoms. The van der Waals surface area contributed by atoms with Crippen LogP contribution in [0.5, 0.6) is 5.75 Å². The van der Waals surface area contributed by atoms with Gasteiger partial charge in [-0.05, 0) is 31.2 Å². The van der Waals surface area contributed by atoms with Gasteiger partial charge in [-0.2, -0.15) is 0 Å². The second-order valence-electron chi connectivity index (χ2n) is 5.36. The van der Waals surface area contributed by atoms with Crippen LogP contribution in [0.25, 0.3) is 10.9 Å². The summed E-state index contributed by atoms with van der Waals surface area (Å²) in [4.78, 5) is 27.0. The Morgan fingerprint density at radius 3 is 2.52 bits per heavy atom. The van der Waals surface area contributed by atoms with Gasteiger partial charge in [0.15, 0.2) is 0 Å². The number of aromatic hydroxyl groups is 1. The average Bonchev–Trinajstić information content (AvgIpc) is 2.62. The fraction of sp³-hybridized carbons (Fsp3) is 0.111. The lowest BCUT2D eigenvalue weighted by Crippen LogP contribution is -2.23. The molecule has 0 unspecified atom stereocenters. The fourth-order valence-electron chi connectivity index (χ4n) is 2.64. The molecule has 0 fully saturated rings. The number of aromatic nitrogens is 1. The van der Waals surface area contributed by atoms with Crippen molar-refractivity contribution in [3.63, 3.8) is 0 Å². The van der Waals surface area contributed by atoms with E-state index in [2.05, 4.69) is 4.99 Å². The molecule has 1 heterocycles. The van der Waals surface area contributed by atoms with Crippen LogP contribution in [0.1, 0.15) is 12.5 Å². The first kappa shape index (κ1) is 16.4. The van der Waals surface area contributed by atoms with Gasteiger partial charge in [-0.15, -0.1) is 0 Å². The summed E-state index contributed by atoms with van der Waals surface area (Å²) < 4.78 is 1.56. The Balaban J connectivity index is 2.09. The Morgan fingerprint density at radius 2 is 1.88 bits per heavy atom. The van der Waals surface area contributed by atoms with Gasteiger partial charge in [0.2, 0.25) is 0 Å². The highest BCUT2D eigenvalue weighted by molar-refractivity contribution is 5.95. The zero-order valence-electron chi connectivity index (χ0n) is 13.4. The minimum Gasteiger partial charge on any atom is -0.506 e. The Hall–Kier alpha value is -3.48. The number of rotatable bonds is 4. The van der Waals surface area contributed by atoms with Crippen LogP contribution in [0.2, 0.25) is 0 Å². The number of aliphatic imine (C=N–C) groups is 1. The van der Waals surface area contributed by atoms with E-state index >= 15 is 0 Å². The molecule has 0 aliphatic heterocycles. The Morgan fingerprint density at radius 1 is 1.20 bits per heavy atom. The van der Waals surface area contributed by atoms with Crippen LogP contribution < -0.4 is 5.56 Å². The van der Waals surface area contributed by atoms with Crippen LogP contribution in [0.15, 0.2) is 58.3 Å². The Kier molecular flexibility index (Phi) is 4.30. The number of nitrogens with zero attached hydrogens (tertiary/aromatic N) is 3. The zero-order valence-corrected chi connectivity index (χ0v) is 13.4. The number of aryl methyl sites for hydroxylation is 1. The number of nitro benzene ring substituents is 1.